The molecule has 17 heavy (non-hydrogen) atoms. The number of hydrogen-bond donors (Lipinski definition) is 2. The van der Waals surface area contributed by atoms with E-state index in [-0.39, 0.29) is 24.3 Å². The normalized spacial score (nSPS) is 25.5. The molecule has 5 nitrogen and oxygen atoms in total. The van der Waals surface area contributed by atoms with E-state index in [1.54, 1.807) is 6.07 Å². The van der Waals surface area contributed by atoms with Gasteiger partial charge in [0.25, 0.3) is 5.91 Å². The highest BCUT2D eigenvalue weighted by Gasteiger charge is 2.44. The van der Waals surface area contributed by atoms with Crippen molar-refractivity contribution in [3.63, 3.8) is 0 Å². The topological polar surface area (TPSA) is 75.6 Å². The number of ether oxygens (including phenoxy) is 1. The van der Waals surface area contributed by atoms with E-state index in [2.05, 4.69) is 5.32 Å². The van der Waals surface area contributed by atoms with E-state index in [1.807, 2.05) is 12.1 Å². The lowest BCUT2D eigenvalue weighted by Crippen LogP contribution is -2.25. The molecule has 0 bridgehead atoms. The van der Waals surface area contributed by atoms with Crippen LogP contribution in [-0.2, 0) is 9.59 Å². The molecular weight excluding hydrogens is 222 g/mol. The van der Waals surface area contributed by atoms with E-state index in [0.29, 0.717) is 17.9 Å². The van der Waals surface area contributed by atoms with Crippen molar-refractivity contribution in [2.24, 2.45) is 5.92 Å². The van der Waals surface area contributed by atoms with Crippen molar-refractivity contribution in [1.29, 1.82) is 0 Å². The van der Waals surface area contributed by atoms with Crippen LogP contribution in [0.2, 0.25) is 0 Å². The lowest BCUT2D eigenvalue weighted by atomic mass is 10.1. The Bertz CT molecular complexity index is 511. The van der Waals surface area contributed by atoms with Gasteiger partial charge in [0.05, 0.1) is 11.6 Å². The number of carbonyl (C=O) groups is 2. The number of benzene rings is 1. The standard InChI is InChI=1S/C12H11NO4/c14-11-5-17-10-3-6(1-2-9(10)13-11)7-4-8(7)12(15)16/h1-3,7-8H,4-5H2,(H,13,14)(H,15,16). The lowest BCUT2D eigenvalue weighted by Gasteiger charge is -2.18. The van der Waals surface area contributed by atoms with Crippen molar-refractivity contribution in [3.8, 4) is 5.75 Å². The maximum atomic E-state index is 11.1. The number of amides is 1. The average molecular weight is 233 g/mol. The molecule has 2 aliphatic rings. The van der Waals surface area contributed by atoms with Gasteiger partial charge in [0.2, 0.25) is 0 Å². The number of carboxylic acid groups (broad SMARTS) is 1. The molecule has 1 aliphatic heterocycles. The van der Waals surface area contributed by atoms with Crippen molar-refractivity contribution in [3.05, 3.63) is 23.8 Å². The molecule has 1 aliphatic carbocycles. The Hall–Kier alpha value is -2.04. The predicted molar refractivity (Wildman–Crippen MR) is 59.1 cm³/mol. The summed E-state index contributed by atoms with van der Waals surface area (Å²) in [4.78, 5) is 21.9. The molecule has 2 N–H and O–H groups in total. The Labute approximate surface area is 97.4 Å². The molecule has 88 valence electrons. The lowest BCUT2D eigenvalue weighted by molar-refractivity contribution is -0.138. The minimum atomic E-state index is -0.748. The highest BCUT2D eigenvalue weighted by atomic mass is 16.5. The van der Waals surface area contributed by atoms with E-state index in [4.69, 9.17) is 9.84 Å². The zero-order valence-electron chi connectivity index (χ0n) is 8.97. The van der Waals surface area contributed by atoms with Gasteiger partial charge in [-0.3, -0.25) is 9.59 Å². The Morgan fingerprint density at radius 1 is 1.47 bits per heavy atom. The van der Waals surface area contributed by atoms with Crippen molar-refractivity contribution in [1.82, 2.24) is 0 Å². The molecule has 1 saturated carbocycles. The van der Waals surface area contributed by atoms with E-state index in [0.717, 1.165) is 5.56 Å². The van der Waals surface area contributed by atoms with E-state index in [9.17, 15) is 9.59 Å². The summed E-state index contributed by atoms with van der Waals surface area (Å²) in [5.74, 6) is -0.481. The second-order valence-corrected chi connectivity index (χ2v) is 4.38. The van der Waals surface area contributed by atoms with Gasteiger partial charge >= 0.3 is 5.97 Å². The molecule has 1 heterocycles. The second-order valence-electron chi connectivity index (χ2n) is 4.38. The van der Waals surface area contributed by atoms with Gasteiger partial charge in [-0.25, -0.2) is 0 Å². The fraction of sp³-hybridized carbons (Fsp3) is 0.333. The summed E-state index contributed by atoms with van der Waals surface area (Å²) in [7, 11) is 0. The molecule has 2 unspecified atom stereocenters. The number of anilines is 1. The summed E-state index contributed by atoms with van der Waals surface area (Å²) in [6, 6.07) is 5.43. The molecule has 0 spiro atoms. The summed E-state index contributed by atoms with van der Waals surface area (Å²) in [6.45, 7) is 0.0173. The van der Waals surface area contributed by atoms with Gasteiger partial charge in [0, 0.05) is 0 Å². The number of carbonyl (C=O) groups excluding carboxylic acids is 1. The third-order valence-electron chi connectivity index (χ3n) is 3.17. The number of rotatable bonds is 2. The highest BCUT2D eigenvalue weighted by molar-refractivity contribution is 5.95. The molecule has 3 rings (SSSR count). The first kappa shape index (κ1) is 10.1. The van der Waals surface area contributed by atoms with E-state index >= 15 is 0 Å². The molecule has 0 radical (unpaired) electrons. The number of hydrogen-bond acceptors (Lipinski definition) is 3. The van der Waals surface area contributed by atoms with Crippen LogP contribution in [0.5, 0.6) is 5.75 Å². The first-order valence-corrected chi connectivity index (χ1v) is 5.44. The Morgan fingerprint density at radius 2 is 2.29 bits per heavy atom. The fourth-order valence-electron chi connectivity index (χ4n) is 2.16. The van der Waals surface area contributed by atoms with Gasteiger partial charge in [0.1, 0.15) is 5.75 Å². The third-order valence-corrected chi connectivity index (χ3v) is 3.17. The molecule has 1 aromatic rings. The Morgan fingerprint density at radius 3 is 3.00 bits per heavy atom. The van der Waals surface area contributed by atoms with E-state index < -0.39 is 5.97 Å². The van der Waals surface area contributed by atoms with Gasteiger partial charge in [-0.15, -0.1) is 0 Å². The van der Waals surface area contributed by atoms with Crippen molar-refractivity contribution in [2.75, 3.05) is 11.9 Å². The zero-order valence-corrected chi connectivity index (χ0v) is 8.97. The van der Waals surface area contributed by atoms with Gasteiger partial charge in [-0.05, 0) is 30.0 Å². The highest BCUT2D eigenvalue weighted by Crippen LogP contribution is 2.49. The molecule has 1 aromatic carbocycles. The molecule has 2 atom stereocenters. The minimum Gasteiger partial charge on any atom is -0.482 e. The van der Waals surface area contributed by atoms with Crippen LogP contribution in [0.3, 0.4) is 0 Å². The van der Waals surface area contributed by atoms with Crippen LogP contribution in [0.25, 0.3) is 0 Å². The monoisotopic (exact) mass is 233 g/mol. The number of nitrogens with one attached hydrogen (secondary N) is 1. The third kappa shape index (κ3) is 1.73. The first-order valence-electron chi connectivity index (χ1n) is 5.44. The summed E-state index contributed by atoms with van der Waals surface area (Å²) in [6.07, 6.45) is 0.681. The Balaban J connectivity index is 1.85. The van der Waals surface area contributed by atoms with Crippen LogP contribution in [-0.4, -0.2) is 23.6 Å². The van der Waals surface area contributed by atoms with Gasteiger partial charge in [-0.1, -0.05) is 6.07 Å². The van der Waals surface area contributed by atoms with Gasteiger partial charge in [0.15, 0.2) is 6.61 Å². The van der Waals surface area contributed by atoms with E-state index in [1.165, 1.54) is 0 Å². The molecule has 5 heteroatoms. The number of carboxylic acids is 1. The summed E-state index contributed by atoms with van der Waals surface area (Å²) < 4.78 is 5.29. The van der Waals surface area contributed by atoms with Crippen molar-refractivity contribution >= 4 is 17.6 Å². The number of fused-ring (bicyclic) bond motifs is 1. The Kier molecular flexibility index (Phi) is 2.07. The van der Waals surface area contributed by atoms with Crippen LogP contribution >= 0.6 is 0 Å². The molecular formula is C12H11NO4. The van der Waals surface area contributed by atoms with Crippen LogP contribution < -0.4 is 10.1 Å². The smallest absolute Gasteiger partial charge is 0.307 e. The first-order chi connectivity index (χ1) is 8.15. The summed E-state index contributed by atoms with van der Waals surface area (Å²) >= 11 is 0. The van der Waals surface area contributed by atoms with Crippen LogP contribution in [0.1, 0.15) is 17.9 Å². The number of aliphatic carboxylic acids is 1. The summed E-state index contributed by atoms with van der Waals surface area (Å²) in [5, 5.41) is 11.6. The molecule has 1 amide bonds. The van der Waals surface area contributed by atoms with Crippen molar-refractivity contribution < 1.29 is 19.4 Å². The predicted octanol–water partition coefficient (Wildman–Crippen LogP) is 1.21. The molecule has 0 saturated heterocycles. The van der Waals surface area contributed by atoms with Gasteiger partial charge < -0.3 is 15.2 Å². The fourth-order valence-corrected chi connectivity index (χ4v) is 2.16. The molecule has 1 fully saturated rings. The molecule has 0 aromatic heterocycles. The largest absolute Gasteiger partial charge is 0.482 e. The van der Waals surface area contributed by atoms with Crippen LogP contribution in [0, 0.1) is 5.92 Å². The van der Waals surface area contributed by atoms with Crippen LogP contribution in [0.15, 0.2) is 18.2 Å². The van der Waals surface area contributed by atoms with Gasteiger partial charge in [-0.2, -0.15) is 0 Å². The zero-order chi connectivity index (χ0) is 12.0. The SMILES string of the molecule is O=C1COc2cc(C3CC3C(=O)O)ccc2N1. The van der Waals surface area contributed by atoms with Crippen molar-refractivity contribution in [2.45, 2.75) is 12.3 Å². The average Bonchev–Trinajstić information content (AvgIpc) is 3.08. The van der Waals surface area contributed by atoms with Crippen LogP contribution in [0.4, 0.5) is 5.69 Å². The minimum absolute atomic E-state index is 0.0173. The quantitative estimate of drug-likeness (QED) is 0.804. The maximum absolute atomic E-state index is 11.1. The maximum Gasteiger partial charge on any atom is 0.307 e. The second kappa shape index (κ2) is 3.48. The summed E-state index contributed by atoms with van der Waals surface area (Å²) in [5.41, 5.74) is 1.62.